The lowest BCUT2D eigenvalue weighted by molar-refractivity contribution is -0.130. The van der Waals surface area contributed by atoms with Crippen molar-refractivity contribution in [3.63, 3.8) is 0 Å². The largest absolute Gasteiger partial charge is 0.343 e. The summed E-state index contributed by atoms with van der Waals surface area (Å²) in [5.74, 6) is 0.292. The zero-order valence-corrected chi connectivity index (χ0v) is 11.1. The molecule has 1 fully saturated rings. The molecule has 1 aromatic heterocycles. The van der Waals surface area contributed by atoms with E-state index >= 15 is 0 Å². The number of nitrogens with one attached hydrogen (secondary N) is 1. The first-order chi connectivity index (χ1) is 8.77. The highest BCUT2D eigenvalue weighted by molar-refractivity contribution is 5.76. The quantitative estimate of drug-likeness (QED) is 0.751. The summed E-state index contributed by atoms with van der Waals surface area (Å²) in [6.45, 7) is 3.57. The van der Waals surface area contributed by atoms with Crippen LogP contribution in [0.4, 0.5) is 0 Å². The molecule has 2 rings (SSSR count). The number of hydrogen-bond donors (Lipinski definition) is 1. The predicted octanol–water partition coefficient (Wildman–Crippen LogP) is 0.565. The van der Waals surface area contributed by atoms with Crippen molar-refractivity contribution in [2.45, 2.75) is 25.7 Å². The lowest BCUT2D eigenvalue weighted by atomic mass is 10.3. The lowest BCUT2D eigenvalue weighted by Gasteiger charge is -2.15. The van der Waals surface area contributed by atoms with Crippen LogP contribution in [0.1, 0.15) is 25.0 Å². The Bertz CT molecular complexity index is 382. The Labute approximate surface area is 108 Å². The van der Waals surface area contributed by atoms with Gasteiger partial charge in [0.15, 0.2) is 0 Å². The number of hydrogen-bond acceptors (Lipinski definition) is 3. The summed E-state index contributed by atoms with van der Waals surface area (Å²) < 4.78 is 1.89. The van der Waals surface area contributed by atoms with E-state index in [1.807, 2.05) is 28.9 Å². The Morgan fingerprint density at radius 3 is 2.83 bits per heavy atom. The van der Waals surface area contributed by atoms with Gasteiger partial charge in [-0.1, -0.05) is 0 Å². The molecule has 1 amide bonds. The molecule has 1 aliphatic heterocycles. The molecule has 1 saturated heterocycles. The van der Waals surface area contributed by atoms with Crippen molar-refractivity contribution in [3.8, 4) is 0 Å². The zero-order chi connectivity index (χ0) is 12.8. The second-order valence-electron chi connectivity index (χ2n) is 4.78. The van der Waals surface area contributed by atoms with Crippen LogP contribution in [0.5, 0.6) is 0 Å². The summed E-state index contributed by atoms with van der Waals surface area (Å²) in [5.41, 5.74) is 1.22. The SMILES string of the molecule is Cn1nccc1CCNCCC(=O)N1CCCC1. The minimum absolute atomic E-state index is 0.292. The summed E-state index contributed by atoms with van der Waals surface area (Å²) in [4.78, 5) is 13.7. The van der Waals surface area contributed by atoms with Crippen LogP contribution in [0.15, 0.2) is 12.3 Å². The maximum absolute atomic E-state index is 11.8. The van der Waals surface area contributed by atoms with E-state index in [1.165, 1.54) is 18.5 Å². The highest BCUT2D eigenvalue weighted by atomic mass is 16.2. The van der Waals surface area contributed by atoms with E-state index in [4.69, 9.17) is 0 Å². The van der Waals surface area contributed by atoms with E-state index in [0.29, 0.717) is 12.3 Å². The van der Waals surface area contributed by atoms with Crippen LogP contribution in [0.25, 0.3) is 0 Å². The number of carbonyl (C=O) groups is 1. The molecule has 18 heavy (non-hydrogen) atoms. The molecule has 5 heteroatoms. The number of likely N-dealkylation sites (tertiary alicyclic amines) is 1. The van der Waals surface area contributed by atoms with Gasteiger partial charge in [0.05, 0.1) is 0 Å². The number of aromatic nitrogens is 2. The van der Waals surface area contributed by atoms with Crippen molar-refractivity contribution in [1.29, 1.82) is 0 Å². The zero-order valence-electron chi connectivity index (χ0n) is 11.1. The van der Waals surface area contributed by atoms with Gasteiger partial charge in [-0.2, -0.15) is 5.10 Å². The molecular weight excluding hydrogens is 228 g/mol. The normalized spacial score (nSPS) is 15.3. The van der Waals surface area contributed by atoms with Gasteiger partial charge in [-0.05, 0) is 18.9 Å². The maximum Gasteiger partial charge on any atom is 0.223 e. The third-order valence-electron chi connectivity index (χ3n) is 3.45. The van der Waals surface area contributed by atoms with Gasteiger partial charge >= 0.3 is 0 Å². The number of amides is 1. The molecule has 0 aliphatic carbocycles. The van der Waals surface area contributed by atoms with Crippen LogP contribution in [0.2, 0.25) is 0 Å². The van der Waals surface area contributed by atoms with E-state index in [2.05, 4.69) is 10.4 Å². The van der Waals surface area contributed by atoms with Gasteiger partial charge in [0, 0.05) is 58.0 Å². The molecule has 1 aliphatic rings. The third kappa shape index (κ3) is 3.57. The Hall–Kier alpha value is -1.36. The van der Waals surface area contributed by atoms with Crippen molar-refractivity contribution in [2.75, 3.05) is 26.2 Å². The minimum Gasteiger partial charge on any atom is -0.343 e. The Morgan fingerprint density at radius 2 is 2.17 bits per heavy atom. The smallest absolute Gasteiger partial charge is 0.223 e. The molecule has 5 nitrogen and oxygen atoms in total. The second kappa shape index (κ2) is 6.54. The molecule has 0 spiro atoms. The molecule has 0 atom stereocenters. The van der Waals surface area contributed by atoms with Gasteiger partial charge in [0.1, 0.15) is 0 Å². The molecule has 0 saturated carbocycles. The monoisotopic (exact) mass is 250 g/mol. The van der Waals surface area contributed by atoms with Crippen LogP contribution < -0.4 is 5.32 Å². The molecule has 100 valence electrons. The fraction of sp³-hybridized carbons (Fsp3) is 0.692. The van der Waals surface area contributed by atoms with Crippen molar-refractivity contribution in [1.82, 2.24) is 20.0 Å². The molecular formula is C13H22N4O. The van der Waals surface area contributed by atoms with Crippen LogP contribution in [-0.4, -0.2) is 46.8 Å². The highest BCUT2D eigenvalue weighted by Crippen LogP contribution is 2.08. The van der Waals surface area contributed by atoms with Crippen molar-refractivity contribution >= 4 is 5.91 Å². The summed E-state index contributed by atoms with van der Waals surface area (Å²) in [6.07, 6.45) is 5.71. The highest BCUT2D eigenvalue weighted by Gasteiger charge is 2.16. The maximum atomic E-state index is 11.8. The van der Waals surface area contributed by atoms with Crippen LogP contribution in [0, 0.1) is 0 Å². The van der Waals surface area contributed by atoms with E-state index in [-0.39, 0.29) is 0 Å². The fourth-order valence-electron chi connectivity index (χ4n) is 2.31. The summed E-state index contributed by atoms with van der Waals surface area (Å²) in [6, 6.07) is 2.02. The van der Waals surface area contributed by atoms with Crippen LogP contribution in [-0.2, 0) is 18.3 Å². The topological polar surface area (TPSA) is 50.2 Å². The Kier molecular flexibility index (Phi) is 4.75. The first kappa shape index (κ1) is 13.1. The van der Waals surface area contributed by atoms with E-state index < -0.39 is 0 Å². The van der Waals surface area contributed by atoms with E-state index in [1.54, 1.807) is 0 Å². The molecule has 0 radical (unpaired) electrons. The van der Waals surface area contributed by atoms with Crippen molar-refractivity contribution in [2.24, 2.45) is 7.05 Å². The van der Waals surface area contributed by atoms with Crippen LogP contribution in [0.3, 0.4) is 0 Å². The Morgan fingerprint density at radius 1 is 1.39 bits per heavy atom. The average Bonchev–Trinajstić information content (AvgIpc) is 3.00. The third-order valence-corrected chi connectivity index (χ3v) is 3.45. The minimum atomic E-state index is 0.292. The van der Waals surface area contributed by atoms with E-state index in [0.717, 1.165) is 32.6 Å². The van der Waals surface area contributed by atoms with Crippen molar-refractivity contribution in [3.05, 3.63) is 18.0 Å². The van der Waals surface area contributed by atoms with Gasteiger partial charge in [0.2, 0.25) is 5.91 Å². The summed E-state index contributed by atoms with van der Waals surface area (Å²) in [5, 5.41) is 7.44. The molecule has 2 heterocycles. The molecule has 0 unspecified atom stereocenters. The summed E-state index contributed by atoms with van der Waals surface area (Å²) >= 11 is 0. The molecule has 0 aromatic carbocycles. The fourth-order valence-corrected chi connectivity index (χ4v) is 2.31. The van der Waals surface area contributed by atoms with Gasteiger partial charge in [-0.15, -0.1) is 0 Å². The second-order valence-corrected chi connectivity index (χ2v) is 4.78. The lowest BCUT2D eigenvalue weighted by Crippen LogP contribution is -2.31. The number of carbonyl (C=O) groups excluding carboxylic acids is 1. The van der Waals surface area contributed by atoms with Crippen LogP contribution >= 0.6 is 0 Å². The number of rotatable bonds is 6. The van der Waals surface area contributed by atoms with Gasteiger partial charge in [-0.3, -0.25) is 9.48 Å². The van der Waals surface area contributed by atoms with Gasteiger partial charge < -0.3 is 10.2 Å². The first-order valence-corrected chi connectivity index (χ1v) is 6.73. The molecule has 0 bridgehead atoms. The van der Waals surface area contributed by atoms with Crippen molar-refractivity contribution < 1.29 is 4.79 Å². The molecule has 1 N–H and O–H groups in total. The van der Waals surface area contributed by atoms with Gasteiger partial charge in [0.25, 0.3) is 0 Å². The first-order valence-electron chi connectivity index (χ1n) is 6.73. The van der Waals surface area contributed by atoms with E-state index in [9.17, 15) is 4.79 Å². The van der Waals surface area contributed by atoms with Gasteiger partial charge in [-0.25, -0.2) is 0 Å². The standard InChI is InChI=1S/C13H22N4O/c1-16-12(5-9-15-16)4-7-14-8-6-13(18)17-10-2-3-11-17/h5,9,14H,2-4,6-8,10-11H2,1H3. The predicted molar refractivity (Wildman–Crippen MR) is 70.2 cm³/mol. The summed E-state index contributed by atoms with van der Waals surface area (Å²) in [7, 11) is 1.95. The number of aryl methyl sites for hydroxylation is 1. The number of nitrogens with zero attached hydrogens (tertiary/aromatic N) is 3. The average molecular weight is 250 g/mol. The molecule has 1 aromatic rings. The Balaban J connectivity index is 1.56.